The van der Waals surface area contributed by atoms with Gasteiger partial charge >= 0.3 is 0 Å². The summed E-state index contributed by atoms with van der Waals surface area (Å²) in [6, 6.07) is 19.6. The molecule has 6 heteroatoms. The van der Waals surface area contributed by atoms with Gasteiger partial charge in [0.25, 0.3) is 10.0 Å². The van der Waals surface area contributed by atoms with Crippen molar-refractivity contribution in [1.29, 1.82) is 0 Å². The molecular weight excluding hydrogens is 376 g/mol. The van der Waals surface area contributed by atoms with Crippen LogP contribution in [-0.4, -0.2) is 13.4 Å². The molecule has 0 radical (unpaired) electrons. The van der Waals surface area contributed by atoms with Crippen molar-refractivity contribution in [3.8, 4) is 11.3 Å². The second-order valence-corrected chi connectivity index (χ2v) is 7.46. The van der Waals surface area contributed by atoms with E-state index in [1.165, 1.54) is 18.3 Å². The number of pyridine rings is 1. The molecule has 0 fully saturated rings. The summed E-state index contributed by atoms with van der Waals surface area (Å²) < 4.78 is 28.0. The van der Waals surface area contributed by atoms with Crippen LogP contribution in [0.1, 0.15) is 0 Å². The Morgan fingerprint density at radius 2 is 1.57 bits per heavy atom. The Morgan fingerprint density at radius 3 is 2.17 bits per heavy atom. The van der Waals surface area contributed by atoms with Gasteiger partial charge in [-0.3, -0.25) is 9.71 Å². The fraction of sp³-hybridized carbons (Fsp3) is 0. The molecule has 23 heavy (non-hydrogen) atoms. The average molecular weight is 389 g/mol. The van der Waals surface area contributed by atoms with Crippen molar-refractivity contribution in [2.75, 3.05) is 4.72 Å². The van der Waals surface area contributed by atoms with Gasteiger partial charge < -0.3 is 0 Å². The van der Waals surface area contributed by atoms with Gasteiger partial charge in [0.15, 0.2) is 0 Å². The zero-order valence-electron chi connectivity index (χ0n) is 12.0. The molecule has 0 saturated carbocycles. The van der Waals surface area contributed by atoms with E-state index < -0.39 is 10.0 Å². The number of nitrogens with zero attached hydrogens (tertiary/aromatic N) is 1. The number of sulfonamides is 1. The first-order valence-corrected chi connectivity index (χ1v) is 9.12. The highest BCUT2D eigenvalue weighted by Gasteiger charge is 2.14. The van der Waals surface area contributed by atoms with Crippen LogP contribution in [0.3, 0.4) is 0 Å². The lowest BCUT2D eigenvalue weighted by Gasteiger charge is -2.08. The topological polar surface area (TPSA) is 59.1 Å². The average Bonchev–Trinajstić information content (AvgIpc) is 2.56. The molecule has 3 rings (SSSR count). The van der Waals surface area contributed by atoms with E-state index in [0.29, 0.717) is 5.69 Å². The third-order valence-electron chi connectivity index (χ3n) is 3.21. The fourth-order valence-electron chi connectivity index (χ4n) is 2.06. The van der Waals surface area contributed by atoms with Gasteiger partial charge in [-0.05, 0) is 36.4 Å². The molecule has 1 aromatic heterocycles. The Morgan fingerprint density at radius 1 is 0.870 bits per heavy atom. The van der Waals surface area contributed by atoms with Crippen molar-refractivity contribution in [3.05, 3.63) is 77.4 Å². The molecule has 0 aliphatic heterocycles. The predicted molar refractivity (Wildman–Crippen MR) is 94.6 cm³/mol. The maximum atomic E-state index is 12.3. The molecule has 0 unspecified atom stereocenters. The molecule has 116 valence electrons. The lowest BCUT2D eigenvalue weighted by Crippen LogP contribution is -2.12. The molecule has 0 aliphatic rings. The molecular formula is C17H13BrN2O2S. The summed E-state index contributed by atoms with van der Waals surface area (Å²) in [5, 5.41) is 0. The largest absolute Gasteiger partial charge is 0.278 e. The Kier molecular flexibility index (Phi) is 4.45. The third kappa shape index (κ3) is 3.78. The quantitative estimate of drug-likeness (QED) is 0.723. The van der Waals surface area contributed by atoms with Crippen LogP contribution in [0.15, 0.2) is 82.3 Å². The maximum Gasteiger partial charge on any atom is 0.261 e. The number of rotatable bonds is 4. The Hall–Kier alpha value is -2.18. The minimum absolute atomic E-state index is 0.202. The van der Waals surface area contributed by atoms with Gasteiger partial charge in [0.05, 0.1) is 22.5 Å². The van der Waals surface area contributed by atoms with E-state index in [9.17, 15) is 8.42 Å². The third-order valence-corrected chi connectivity index (χ3v) is 5.14. The highest BCUT2D eigenvalue weighted by Crippen LogP contribution is 2.21. The summed E-state index contributed by atoms with van der Waals surface area (Å²) in [5.41, 5.74) is 2.19. The number of aromatic nitrogens is 1. The van der Waals surface area contributed by atoms with Gasteiger partial charge in [0.1, 0.15) is 0 Å². The smallest absolute Gasteiger partial charge is 0.261 e. The normalized spacial score (nSPS) is 11.2. The number of hydrogen-bond acceptors (Lipinski definition) is 3. The first kappa shape index (κ1) is 15.7. The minimum atomic E-state index is -3.62. The summed E-state index contributed by atoms with van der Waals surface area (Å²) in [4.78, 5) is 4.51. The highest BCUT2D eigenvalue weighted by atomic mass is 79.9. The van der Waals surface area contributed by atoms with Crippen molar-refractivity contribution in [2.45, 2.75) is 4.90 Å². The van der Waals surface area contributed by atoms with Gasteiger partial charge in [-0.25, -0.2) is 8.42 Å². The first-order valence-electron chi connectivity index (χ1n) is 6.84. The van der Waals surface area contributed by atoms with Crippen LogP contribution in [0.25, 0.3) is 11.3 Å². The van der Waals surface area contributed by atoms with Crippen molar-refractivity contribution >= 4 is 31.6 Å². The minimum Gasteiger partial charge on any atom is -0.278 e. The number of benzene rings is 2. The van der Waals surface area contributed by atoms with Crippen LogP contribution in [-0.2, 0) is 10.0 Å². The maximum absolute atomic E-state index is 12.3. The van der Waals surface area contributed by atoms with E-state index in [-0.39, 0.29) is 4.90 Å². The zero-order chi connectivity index (χ0) is 16.3. The standard InChI is InChI=1S/C17H13BrN2O2S/c18-14-6-9-16(10-7-14)23(21,22)20-15-8-11-17(19-12-15)13-4-2-1-3-5-13/h1-12,20H. The van der Waals surface area contributed by atoms with E-state index in [1.54, 1.807) is 24.3 Å². The fourth-order valence-corrected chi connectivity index (χ4v) is 3.37. The van der Waals surface area contributed by atoms with Crippen LogP contribution in [0, 0.1) is 0 Å². The summed E-state index contributed by atoms with van der Waals surface area (Å²) in [7, 11) is -3.62. The number of anilines is 1. The van der Waals surface area contributed by atoms with Crippen LogP contribution < -0.4 is 4.72 Å². The van der Waals surface area contributed by atoms with Crippen molar-refractivity contribution in [3.63, 3.8) is 0 Å². The molecule has 1 heterocycles. The van der Waals surface area contributed by atoms with Gasteiger partial charge in [-0.2, -0.15) is 0 Å². The van der Waals surface area contributed by atoms with Crippen LogP contribution in [0.5, 0.6) is 0 Å². The molecule has 4 nitrogen and oxygen atoms in total. The summed E-state index contributed by atoms with van der Waals surface area (Å²) in [6.45, 7) is 0. The van der Waals surface area contributed by atoms with Gasteiger partial charge in [-0.15, -0.1) is 0 Å². The van der Waals surface area contributed by atoms with Crippen LogP contribution in [0.2, 0.25) is 0 Å². The number of halogens is 1. The van der Waals surface area contributed by atoms with E-state index in [0.717, 1.165) is 15.7 Å². The van der Waals surface area contributed by atoms with E-state index in [4.69, 9.17) is 0 Å². The van der Waals surface area contributed by atoms with Gasteiger partial charge in [0.2, 0.25) is 0 Å². The molecule has 1 N–H and O–H groups in total. The van der Waals surface area contributed by atoms with E-state index in [2.05, 4.69) is 25.6 Å². The molecule has 0 saturated heterocycles. The lowest BCUT2D eigenvalue weighted by molar-refractivity contribution is 0.601. The van der Waals surface area contributed by atoms with Crippen molar-refractivity contribution in [2.24, 2.45) is 0 Å². The van der Waals surface area contributed by atoms with E-state index in [1.807, 2.05) is 30.3 Å². The summed E-state index contributed by atoms with van der Waals surface area (Å²) >= 11 is 3.28. The van der Waals surface area contributed by atoms with Gasteiger partial charge in [0, 0.05) is 10.0 Å². The first-order chi connectivity index (χ1) is 11.0. The molecule has 0 bridgehead atoms. The van der Waals surface area contributed by atoms with E-state index >= 15 is 0 Å². The zero-order valence-corrected chi connectivity index (χ0v) is 14.4. The molecule has 0 aliphatic carbocycles. The molecule has 0 amide bonds. The molecule has 2 aromatic carbocycles. The van der Waals surface area contributed by atoms with Crippen LogP contribution in [0.4, 0.5) is 5.69 Å². The highest BCUT2D eigenvalue weighted by molar-refractivity contribution is 9.10. The predicted octanol–water partition coefficient (Wildman–Crippen LogP) is 4.31. The Balaban J connectivity index is 1.82. The second kappa shape index (κ2) is 6.52. The SMILES string of the molecule is O=S(=O)(Nc1ccc(-c2ccccc2)nc1)c1ccc(Br)cc1. The molecule has 0 atom stereocenters. The van der Waals surface area contributed by atoms with Crippen molar-refractivity contribution < 1.29 is 8.42 Å². The Bertz CT molecular complexity index is 894. The summed E-state index contributed by atoms with van der Waals surface area (Å²) in [6.07, 6.45) is 1.51. The van der Waals surface area contributed by atoms with Gasteiger partial charge in [-0.1, -0.05) is 46.3 Å². The summed E-state index contributed by atoms with van der Waals surface area (Å²) in [5.74, 6) is 0. The Labute approximate surface area is 143 Å². The van der Waals surface area contributed by atoms with Crippen LogP contribution >= 0.6 is 15.9 Å². The second-order valence-electron chi connectivity index (χ2n) is 4.86. The molecule has 0 spiro atoms. The molecule has 3 aromatic rings. The number of nitrogens with one attached hydrogen (secondary N) is 1. The lowest BCUT2D eigenvalue weighted by atomic mass is 10.1. The monoisotopic (exact) mass is 388 g/mol. The number of hydrogen-bond donors (Lipinski definition) is 1. The van der Waals surface area contributed by atoms with Crippen molar-refractivity contribution in [1.82, 2.24) is 4.98 Å².